The van der Waals surface area contributed by atoms with E-state index in [4.69, 9.17) is 0 Å². The van der Waals surface area contributed by atoms with E-state index in [1.165, 1.54) is 30.9 Å². The van der Waals surface area contributed by atoms with Crippen molar-refractivity contribution in [2.75, 3.05) is 20.1 Å². The van der Waals surface area contributed by atoms with Crippen LogP contribution in [0.25, 0.3) is 5.52 Å². The maximum Gasteiger partial charge on any atom is 0.113 e. The van der Waals surface area contributed by atoms with Crippen LogP contribution in [-0.4, -0.2) is 34.4 Å². The highest BCUT2D eigenvalue weighted by Gasteiger charge is 2.21. The minimum Gasteiger partial charge on any atom is -0.306 e. The van der Waals surface area contributed by atoms with Crippen LogP contribution in [0, 0.1) is 5.92 Å². The van der Waals surface area contributed by atoms with Crippen LogP contribution in [0.2, 0.25) is 0 Å². The summed E-state index contributed by atoms with van der Waals surface area (Å²) in [6.45, 7) is 2.44. The Morgan fingerprint density at radius 3 is 3.19 bits per heavy atom. The van der Waals surface area contributed by atoms with E-state index >= 15 is 0 Å². The van der Waals surface area contributed by atoms with Gasteiger partial charge in [-0.15, -0.1) is 0 Å². The number of hydrogen-bond donors (Lipinski definition) is 0. The first kappa shape index (κ1) is 9.85. The zero-order valence-corrected chi connectivity index (χ0v) is 9.63. The summed E-state index contributed by atoms with van der Waals surface area (Å²) in [7, 11) is 2.20. The van der Waals surface area contributed by atoms with Crippen LogP contribution >= 0.6 is 0 Å². The Bertz CT molecular complexity index is 489. The Morgan fingerprint density at radius 1 is 1.44 bits per heavy atom. The van der Waals surface area contributed by atoms with Crippen molar-refractivity contribution in [3.63, 3.8) is 0 Å². The van der Waals surface area contributed by atoms with Crippen LogP contribution < -0.4 is 0 Å². The summed E-state index contributed by atoms with van der Waals surface area (Å²) in [6, 6.07) is 6.24. The third-order valence-electron chi connectivity index (χ3n) is 3.48. The first-order valence-electron chi connectivity index (χ1n) is 5.92. The smallest absolute Gasteiger partial charge is 0.113 e. The molecule has 3 heterocycles. The highest BCUT2D eigenvalue weighted by Crippen LogP contribution is 2.19. The van der Waals surface area contributed by atoms with Crippen molar-refractivity contribution < 1.29 is 0 Å². The van der Waals surface area contributed by atoms with E-state index in [0.29, 0.717) is 0 Å². The number of likely N-dealkylation sites (tertiary alicyclic amines) is 1. The van der Waals surface area contributed by atoms with Gasteiger partial charge in [-0.25, -0.2) is 4.98 Å². The number of nitrogens with zero attached hydrogens (tertiary/aromatic N) is 3. The van der Waals surface area contributed by atoms with Gasteiger partial charge >= 0.3 is 0 Å². The summed E-state index contributed by atoms with van der Waals surface area (Å²) in [4.78, 5) is 6.93. The molecule has 1 aliphatic heterocycles. The van der Waals surface area contributed by atoms with Gasteiger partial charge in [0, 0.05) is 19.2 Å². The molecule has 3 rings (SSSR count). The van der Waals surface area contributed by atoms with Gasteiger partial charge in [0.25, 0.3) is 0 Å². The number of imidazole rings is 1. The van der Waals surface area contributed by atoms with Crippen molar-refractivity contribution in [2.24, 2.45) is 5.92 Å². The molecule has 1 unspecified atom stereocenters. The lowest BCUT2D eigenvalue weighted by Crippen LogP contribution is -2.15. The predicted octanol–water partition coefficient (Wildman–Crippen LogP) is 1.83. The summed E-state index contributed by atoms with van der Waals surface area (Å²) in [6.07, 6.45) is 6.48. The lowest BCUT2D eigenvalue weighted by atomic mass is 10.0. The molecule has 84 valence electrons. The van der Waals surface area contributed by atoms with E-state index in [9.17, 15) is 0 Å². The second-order valence-electron chi connectivity index (χ2n) is 4.79. The molecule has 1 aliphatic rings. The summed E-state index contributed by atoms with van der Waals surface area (Å²) >= 11 is 0. The molecule has 1 saturated heterocycles. The second-order valence-corrected chi connectivity index (χ2v) is 4.79. The van der Waals surface area contributed by atoms with Crippen molar-refractivity contribution >= 4 is 5.52 Å². The third-order valence-corrected chi connectivity index (χ3v) is 3.48. The van der Waals surface area contributed by atoms with Gasteiger partial charge in [-0.1, -0.05) is 6.07 Å². The molecular formula is C13H17N3. The zero-order valence-electron chi connectivity index (χ0n) is 9.63. The molecule has 2 aromatic rings. The van der Waals surface area contributed by atoms with E-state index < -0.39 is 0 Å². The molecule has 0 aliphatic carbocycles. The number of pyridine rings is 1. The molecular weight excluding hydrogens is 198 g/mol. The summed E-state index contributed by atoms with van der Waals surface area (Å²) < 4.78 is 2.21. The van der Waals surface area contributed by atoms with Crippen molar-refractivity contribution in [3.05, 3.63) is 36.4 Å². The molecule has 0 saturated carbocycles. The van der Waals surface area contributed by atoms with Crippen LogP contribution in [0.4, 0.5) is 0 Å². The Labute approximate surface area is 95.7 Å². The van der Waals surface area contributed by atoms with E-state index in [-0.39, 0.29) is 0 Å². The number of hydrogen-bond acceptors (Lipinski definition) is 2. The van der Waals surface area contributed by atoms with Crippen molar-refractivity contribution in [1.29, 1.82) is 0 Å². The Balaban J connectivity index is 1.84. The van der Waals surface area contributed by atoms with Crippen LogP contribution in [0.15, 0.2) is 30.6 Å². The summed E-state index contributed by atoms with van der Waals surface area (Å²) in [5, 5.41) is 0. The third kappa shape index (κ3) is 1.71. The fourth-order valence-electron chi connectivity index (χ4n) is 2.60. The predicted molar refractivity (Wildman–Crippen MR) is 64.5 cm³/mol. The van der Waals surface area contributed by atoms with Crippen LogP contribution in [0.3, 0.4) is 0 Å². The second kappa shape index (κ2) is 3.91. The minimum absolute atomic E-state index is 0.774. The maximum atomic E-state index is 4.53. The van der Waals surface area contributed by atoms with Crippen molar-refractivity contribution in [2.45, 2.75) is 12.8 Å². The SMILES string of the molecule is CN1CCC(Cc2ncc3ccccn23)C1. The molecule has 3 nitrogen and oxygen atoms in total. The standard InChI is InChI=1S/C13H17N3/c1-15-7-5-11(10-15)8-13-14-9-12-4-2-3-6-16(12)13/h2-4,6,9,11H,5,7-8,10H2,1H3. The van der Waals surface area contributed by atoms with Gasteiger partial charge in [0.15, 0.2) is 0 Å². The normalized spacial score (nSPS) is 21.9. The van der Waals surface area contributed by atoms with Crippen molar-refractivity contribution in [1.82, 2.24) is 14.3 Å². The molecule has 0 spiro atoms. The topological polar surface area (TPSA) is 20.5 Å². The Morgan fingerprint density at radius 2 is 2.38 bits per heavy atom. The van der Waals surface area contributed by atoms with Gasteiger partial charge in [0.2, 0.25) is 0 Å². The average molecular weight is 215 g/mol. The monoisotopic (exact) mass is 215 g/mol. The van der Waals surface area contributed by atoms with Gasteiger partial charge < -0.3 is 9.30 Å². The summed E-state index contributed by atoms with van der Waals surface area (Å²) in [5.74, 6) is 1.98. The molecule has 0 bridgehead atoms. The molecule has 1 fully saturated rings. The largest absolute Gasteiger partial charge is 0.306 e. The van der Waals surface area contributed by atoms with E-state index in [1.807, 2.05) is 6.20 Å². The first-order chi connectivity index (χ1) is 7.83. The number of rotatable bonds is 2. The molecule has 3 heteroatoms. The molecule has 16 heavy (non-hydrogen) atoms. The van der Waals surface area contributed by atoms with Gasteiger partial charge in [-0.2, -0.15) is 0 Å². The van der Waals surface area contributed by atoms with Gasteiger partial charge in [0.05, 0.1) is 11.7 Å². The van der Waals surface area contributed by atoms with E-state index in [2.05, 4.69) is 45.7 Å². The quantitative estimate of drug-likeness (QED) is 0.762. The fourth-order valence-corrected chi connectivity index (χ4v) is 2.60. The Hall–Kier alpha value is -1.35. The van der Waals surface area contributed by atoms with Crippen molar-refractivity contribution in [3.8, 4) is 0 Å². The van der Waals surface area contributed by atoms with Gasteiger partial charge in [-0.3, -0.25) is 0 Å². The molecule has 0 aromatic carbocycles. The molecule has 0 radical (unpaired) electrons. The number of fused-ring (bicyclic) bond motifs is 1. The molecule has 0 N–H and O–H groups in total. The fraction of sp³-hybridized carbons (Fsp3) is 0.462. The van der Waals surface area contributed by atoms with E-state index in [0.717, 1.165) is 12.3 Å². The molecule has 1 atom stereocenters. The van der Waals surface area contributed by atoms with Crippen LogP contribution in [0.5, 0.6) is 0 Å². The highest BCUT2D eigenvalue weighted by molar-refractivity contribution is 5.45. The average Bonchev–Trinajstić information content (AvgIpc) is 2.87. The molecule has 2 aromatic heterocycles. The van der Waals surface area contributed by atoms with Crippen LogP contribution in [0.1, 0.15) is 12.2 Å². The van der Waals surface area contributed by atoms with Gasteiger partial charge in [-0.05, 0) is 38.1 Å². The number of aromatic nitrogens is 2. The lowest BCUT2D eigenvalue weighted by Gasteiger charge is -2.09. The lowest BCUT2D eigenvalue weighted by molar-refractivity contribution is 0.392. The highest BCUT2D eigenvalue weighted by atomic mass is 15.1. The first-order valence-corrected chi connectivity index (χ1v) is 5.92. The maximum absolute atomic E-state index is 4.53. The van der Waals surface area contributed by atoms with Crippen LogP contribution in [-0.2, 0) is 6.42 Å². The summed E-state index contributed by atoms with van der Waals surface area (Å²) in [5.41, 5.74) is 1.20. The molecule has 0 amide bonds. The van der Waals surface area contributed by atoms with Gasteiger partial charge in [0.1, 0.15) is 5.82 Å². The van der Waals surface area contributed by atoms with E-state index in [1.54, 1.807) is 0 Å². The zero-order chi connectivity index (χ0) is 11.0. The Kier molecular flexibility index (Phi) is 2.40. The minimum atomic E-state index is 0.774.